The van der Waals surface area contributed by atoms with Crippen molar-refractivity contribution in [1.82, 2.24) is 4.90 Å². The van der Waals surface area contributed by atoms with Crippen molar-refractivity contribution in [1.29, 1.82) is 0 Å². The molecule has 0 N–H and O–H groups in total. The lowest BCUT2D eigenvalue weighted by atomic mass is 10.1. The van der Waals surface area contributed by atoms with Gasteiger partial charge in [-0.1, -0.05) is 42.5 Å². The van der Waals surface area contributed by atoms with Crippen LogP contribution in [0.1, 0.15) is 17.5 Å². The van der Waals surface area contributed by atoms with E-state index in [4.69, 9.17) is 9.47 Å². The number of carbonyl (C=O) groups is 1. The average Bonchev–Trinajstić information content (AvgIpc) is 2.67. The van der Waals surface area contributed by atoms with Gasteiger partial charge in [0, 0.05) is 25.9 Å². The molecule has 4 heteroatoms. The highest BCUT2D eigenvalue weighted by Gasteiger charge is 2.24. The number of methoxy groups -OCH3 is 1. The van der Waals surface area contributed by atoms with Gasteiger partial charge in [-0.15, -0.1) is 0 Å². The van der Waals surface area contributed by atoms with Crippen LogP contribution in [0.5, 0.6) is 5.75 Å². The summed E-state index contributed by atoms with van der Waals surface area (Å²) in [5, 5.41) is 0. The second-order valence-electron chi connectivity index (χ2n) is 6.37. The van der Waals surface area contributed by atoms with Crippen LogP contribution in [0, 0.1) is 0 Å². The van der Waals surface area contributed by atoms with E-state index in [9.17, 15) is 4.79 Å². The van der Waals surface area contributed by atoms with E-state index >= 15 is 0 Å². The standard InChI is InChI=1S/C21H25NO3/c1-24-19-10-7-17(8-11-19)9-12-21(23)22-13-14-25-20(16-22)15-18-5-3-2-4-6-18/h2-8,10-11,20H,9,12-16H2,1H3. The summed E-state index contributed by atoms with van der Waals surface area (Å²) in [7, 11) is 1.66. The van der Waals surface area contributed by atoms with Gasteiger partial charge in [0.25, 0.3) is 0 Å². The van der Waals surface area contributed by atoms with Crippen molar-refractivity contribution in [3.63, 3.8) is 0 Å². The quantitative estimate of drug-likeness (QED) is 0.812. The van der Waals surface area contributed by atoms with Gasteiger partial charge in [0.1, 0.15) is 5.75 Å². The zero-order valence-electron chi connectivity index (χ0n) is 14.7. The number of benzene rings is 2. The summed E-state index contributed by atoms with van der Waals surface area (Å²) >= 11 is 0. The molecule has 0 radical (unpaired) electrons. The number of hydrogen-bond donors (Lipinski definition) is 0. The number of rotatable bonds is 6. The van der Waals surface area contributed by atoms with Gasteiger partial charge in [-0.3, -0.25) is 4.79 Å². The fraction of sp³-hybridized carbons (Fsp3) is 0.381. The Balaban J connectivity index is 1.49. The maximum Gasteiger partial charge on any atom is 0.223 e. The molecule has 0 aliphatic carbocycles. The van der Waals surface area contributed by atoms with E-state index in [0.717, 1.165) is 24.2 Å². The van der Waals surface area contributed by atoms with Crippen LogP contribution >= 0.6 is 0 Å². The van der Waals surface area contributed by atoms with Crippen LogP contribution in [0.15, 0.2) is 54.6 Å². The molecule has 1 atom stereocenters. The molecule has 0 spiro atoms. The minimum absolute atomic E-state index is 0.0843. The Kier molecular flexibility index (Phi) is 6.07. The molecule has 132 valence electrons. The second-order valence-corrected chi connectivity index (χ2v) is 6.37. The summed E-state index contributed by atoms with van der Waals surface area (Å²) in [6, 6.07) is 18.2. The number of ether oxygens (including phenoxy) is 2. The van der Waals surface area contributed by atoms with Crippen molar-refractivity contribution >= 4 is 5.91 Å². The van der Waals surface area contributed by atoms with Crippen LogP contribution in [0.3, 0.4) is 0 Å². The van der Waals surface area contributed by atoms with Gasteiger partial charge in [-0.2, -0.15) is 0 Å². The monoisotopic (exact) mass is 339 g/mol. The molecule has 2 aromatic carbocycles. The Bertz CT molecular complexity index is 669. The van der Waals surface area contributed by atoms with E-state index < -0.39 is 0 Å². The summed E-state index contributed by atoms with van der Waals surface area (Å²) in [5.41, 5.74) is 2.41. The predicted molar refractivity (Wildman–Crippen MR) is 97.8 cm³/mol. The maximum atomic E-state index is 12.5. The molecule has 1 heterocycles. The van der Waals surface area contributed by atoms with E-state index in [0.29, 0.717) is 26.1 Å². The summed E-state index contributed by atoms with van der Waals surface area (Å²) in [6.07, 6.45) is 2.22. The minimum atomic E-state index is 0.0843. The summed E-state index contributed by atoms with van der Waals surface area (Å²) in [5.74, 6) is 1.05. The Hall–Kier alpha value is -2.33. The van der Waals surface area contributed by atoms with Gasteiger partial charge in [0.05, 0.1) is 19.8 Å². The largest absolute Gasteiger partial charge is 0.497 e. The molecule has 0 saturated carbocycles. The Morgan fingerprint density at radius 2 is 1.88 bits per heavy atom. The molecule has 1 aliphatic rings. The lowest BCUT2D eigenvalue weighted by Crippen LogP contribution is -2.46. The number of aryl methyl sites for hydroxylation is 1. The van der Waals surface area contributed by atoms with Crippen molar-refractivity contribution in [3.8, 4) is 5.75 Å². The molecule has 1 saturated heterocycles. The summed E-state index contributed by atoms with van der Waals surface area (Å²) in [6.45, 7) is 1.98. The first-order chi connectivity index (χ1) is 12.2. The van der Waals surface area contributed by atoms with Crippen LogP contribution in [0.2, 0.25) is 0 Å². The van der Waals surface area contributed by atoms with E-state index in [-0.39, 0.29) is 12.0 Å². The highest BCUT2D eigenvalue weighted by molar-refractivity contribution is 5.76. The molecule has 0 bridgehead atoms. The molecule has 1 unspecified atom stereocenters. The normalized spacial score (nSPS) is 17.3. The number of hydrogen-bond acceptors (Lipinski definition) is 3. The first-order valence-corrected chi connectivity index (χ1v) is 8.81. The number of nitrogens with zero attached hydrogens (tertiary/aromatic N) is 1. The summed E-state index contributed by atoms with van der Waals surface area (Å²) < 4.78 is 11.0. The molecule has 25 heavy (non-hydrogen) atoms. The van der Waals surface area contributed by atoms with E-state index in [1.165, 1.54) is 5.56 Å². The van der Waals surface area contributed by atoms with Gasteiger partial charge >= 0.3 is 0 Å². The van der Waals surface area contributed by atoms with Crippen LogP contribution in [0.4, 0.5) is 0 Å². The highest BCUT2D eigenvalue weighted by atomic mass is 16.5. The van der Waals surface area contributed by atoms with Gasteiger partial charge in [-0.25, -0.2) is 0 Å². The molecular formula is C21H25NO3. The Labute approximate surface area is 149 Å². The molecule has 1 fully saturated rings. The van der Waals surface area contributed by atoms with Crippen LogP contribution in [-0.2, 0) is 22.4 Å². The van der Waals surface area contributed by atoms with Gasteiger partial charge in [0.15, 0.2) is 0 Å². The van der Waals surface area contributed by atoms with E-state index in [2.05, 4.69) is 12.1 Å². The minimum Gasteiger partial charge on any atom is -0.497 e. The molecule has 2 aromatic rings. The van der Waals surface area contributed by atoms with Gasteiger partial charge in [0.2, 0.25) is 5.91 Å². The number of morpholine rings is 1. The fourth-order valence-electron chi connectivity index (χ4n) is 3.15. The lowest BCUT2D eigenvalue weighted by Gasteiger charge is -2.33. The van der Waals surface area contributed by atoms with E-state index in [1.54, 1.807) is 7.11 Å². The SMILES string of the molecule is COc1ccc(CCC(=O)N2CCOC(Cc3ccccc3)C2)cc1. The van der Waals surface area contributed by atoms with Crippen LogP contribution in [-0.4, -0.2) is 43.7 Å². The molecule has 1 amide bonds. The zero-order chi connectivity index (χ0) is 17.5. The number of amides is 1. The predicted octanol–water partition coefficient (Wildman–Crippen LogP) is 3.10. The van der Waals surface area contributed by atoms with Gasteiger partial charge in [-0.05, 0) is 29.7 Å². The lowest BCUT2D eigenvalue weighted by molar-refractivity contribution is -0.138. The third-order valence-electron chi connectivity index (χ3n) is 4.58. The fourth-order valence-corrected chi connectivity index (χ4v) is 3.15. The summed E-state index contributed by atoms with van der Waals surface area (Å²) in [4.78, 5) is 14.5. The third kappa shape index (κ3) is 5.07. The van der Waals surface area contributed by atoms with Crippen molar-refractivity contribution in [2.75, 3.05) is 26.8 Å². The average molecular weight is 339 g/mol. The first-order valence-electron chi connectivity index (χ1n) is 8.81. The van der Waals surface area contributed by atoms with Crippen LogP contribution in [0.25, 0.3) is 0 Å². The molecule has 3 rings (SSSR count). The van der Waals surface area contributed by atoms with Crippen molar-refractivity contribution in [2.45, 2.75) is 25.4 Å². The maximum absolute atomic E-state index is 12.5. The van der Waals surface area contributed by atoms with Crippen molar-refractivity contribution in [2.24, 2.45) is 0 Å². The molecular weight excluding hydrogens is 314 g/mol. The Morgan fingerprint density at radius 1 is 1.12 bits per heavy atom. The zero-order valence-corrected chi connectivity index (χ0v) is 14.7. The first kappa shape index (κ1) is 17.5. The third-order valence-corrected chi connectivity index (χ3v) is 4.58. The van der Waals surface area contributed by atoms with Gasteiger partial charge < -0.3 is 14.4 Å². The highest BCUT2D eigenvalue weighted by Crippen LogP contribution is 2.15. The second kappa shape index (κ2) is 8.67. The molecule has 0 aromatic heterocycles. The van der Waals surface area contributed by atoms with Crippen molar-refractivity contribution < 1.29 is 14.3 Å². The molecule has 4 nitrogen and oxygen atoms in total. The number of carbonyl (C=O) groups excluding carboxylic acids is 1. The smallest absolute Gasteiger partial charge is 0.223 e. The molecule has 1 aliphatic heterocycles. The van der Waals surface area contributed by atoms with Crippen LogP contribution < -0.4 is 4.74 Å². The van der Waals surface area contributed by atoms with Crippen molar-refractivity contribution in [3.05, 3.63) is 65.7 Å². The Morgan fingerprint density at radius 3 is 2.60 bits per heavy atom. The topological polar surface area (TPSA) is 38.8 Å². The van der Waals surface area contributed by atoms with E-state index in [1.807, 2.05) is 47.4 Å².